The molecule has 1 saturated heterocycles. The summed E-state index contributed by atoms with van der Waals surface area (Å²) >= 11 is 0. The summed E-state index contributed by atoms with van der Waals surface area (Å²) in [4.78, 5) is 78.1. The van der Waals surface area contributed by atoms with Gasteiger partial charge in [0, 0.05) is 39.0 Å². The van der Waals surface area contributed by atoms with Crippen LogP contribution in [0.25, 0.3) is 0 Å². The molecule has 0 aromatic rings. The molecule has 0 aromatic heterocycles. The van der Waals surface area contributed by atoms with Crippen molar-refractivity contribution in [2.45, 2.75) is 71.6 Å². The number of imide groups is 2. The lowest BCUT2D eigenvalue weighted by Crippen LogP contribution is -2.36. The van der Waals surface area contributed by atoms with Crippen LogP contribution >= 0.6 is 0 Å². The normalized spacial score (nSPS) is 13.5. The van der Waals surface area contributed by atoms with E-state index >= 15 is 0 Å². The number of hydroxylamine groups is 4. The highest BCUT2D eigenvalue weighted by atomic mass is 16.7. The molecule has 0 unspecified atom stereocenters. The molecule has 1 aliphatic rings. The van der Waals surface area contributed by atoms with E-state index in [1.807, 2.05) is 0 Å². The molecule has 0 aliphatic carbocycles. The van der Waals surface area contributed by atoms with Gasteiger partial charge in [0.25, 0.3) is 23.6 Å². The Morgan fingerprint density at radius 3 is 1.93 bits per heavy atom. The molecular formula is C17H24N2O8. The highest BCUT2D eigenvalue weighted by molar-refractivity contribution is 6.01. The van der Waals surface area contributed by atoms with Crippen LogP contribution in [0.15, 0.2) is 0 Å². The highest BCUT2D eigenvalue weighted by Gasteiger charge is 2.32. The summed E-state index contributed by atoms with van der Waals surface area (Å²) < 4.78 is 0. The van der Waals surface area contributed by atoms with Gasteiger partial charge >= 0.3 is 11.9 Å². The van der Waals surface area contributed by atoms with Gasteiger partial charge in [-0.15, -0.1) is 10.1 Å². The zero-order chi connectivity index (χ0) is 20.4. The molecule has 4 amide bonds. The van der Waals surface area contributed by atoms with Crippen molar-refractivity contribution in [1.29, 1.82) is 0 Å². The number of rotatable bonds is 9. The molecular weight excluding hydrogens is 360 g/mol. The molecule has 0 N–H and O–H groups in total. The maximum atomic E-state index is 11.7. The Morgan fingerprint density at radius 1 is 0.926 bits per heavy atom. The van der Waals surface area contributed by atoms with E-state index in [0.29, 0.717) is 35.8 Å². The Bertz CT molecular complexity index is 600. The predicted octanol–water partition coefficient (Wildman–Crippen LogP) is 1.18. The Kier molecular flexibility index (Phi) is 9.11. The summed E-state index contributed by atoms with van der Waals surface area (Å²) in [5.74, 6) is -3.64. The van der Waals surface area contributed by atoms with Crippen molar-refractivity contribution in [3.05, 3.63) is 0 Å². The first-order valence-electron chi connectivity index (χ1n) is 8.87. The minimum atomic E-state index is -0.683. The van der Waals surface area contributed by atoms with Crippen LogP contribution in [0.5, 0.6) is 0 Å². The number of carbonyl (C=O) groups is 6. The van der Waals surface area contributed by atoms with Crippen LogP contribution in [-0.4, -0.2) is 45.7 Å². The van der Waals surface area contributed by atoms with Gasteiger partial charge in [0.2, 0.25) is 0 Å². The fourth-order valence-electron chi connectivity index (χ4n) is 2.28. The first-order valence-corrected chi connectivity index (χ1v) is 8.87. The molecule has 10 nitrogen and oxygen atoms in total. The topological polar surface area (TPSA) is 127 Å². The van der Waals surface area contributed by atoms with Gasteiger partial charge < -0.3 is 9.68 Å². The number of hydrogen-bond acceptors (Lipinski definition) is 8. The molecule has 0 radical (unpaired) electrons. The maximum absolute atomic E-state index is 11.7. The van der Waals surface area contributed by atoms with Crippen LogP contribution < -0.4 is 0 Å². The third kappa shape index (κ3) is 7.55. The summed E-state index contributed by atoms with van der Waals surface area (Å²) in [7, 11) is 0. The van der Waals surface area contributed by atoms with Crippen LogP contribution in [0, 0.1) is 0 Å². The second-order valence-electron chi connectivity index (χ2n) is 5.98. The lowest BCUT2D eigenvalue weighted by Gasteiger charge is -2.16. The molecule has 1 heterocycles. The standard InChI is InChI=1S/C17H24N2O8/c1-3-13(21)18(12(2)20)26-16(24)8-6-4-5-7-9-17(25)27-19-14(22)10-11-15(19)23/h3-11H2,1-2H3. The van der Waals surface area contributed by atoms with E-state index in [0.717, 1.165) is 6.92 Å². The zero-order valence-electron chi connectivity index (χ0n) is 15.5. The van der Waals surface area contributed by atoms with Crippen LogP contribution in [0.1, 0.15) is 71.6 Å². The number of nitrogens with zero attached hydrogens (tertiary/aromatic N) is 2. The van der Waals surface area contributed by atoms with Crippen molar-refractivity contribution in [2.24, 2.45) is 0 Å². The average molecular weight is 384 g/mol. The molecule has 0 aromatic carbocycles. The molecule has 10 heteroatoms. The summed E-state index contributed by atoms with van der Waals surface area (Å²) in [5.41, 5.74) is 0. The molecule has 1 fully saturated rings. The Balaban J connectivity index is 2.16. The Labute approximate surface area is 156 Å². The Morgan fingerprint density at radius 2 is 1.44 bits per heavy atom. The van der Waals surface area contributed by atoms with E-state index in [1.54, 1.807) is 6.92 Å². The third-order valence-electron chi connectivity index (χ3n) is 3.72. The summed E-state index contributed by atoms with van der Waals surface area (Å²) in [5, 5.41) is 0.968. The molecule has 1 aliphatic heterocycles. The van der Waals surface area contributed by atoms with Crippen molar-refractivity contribution in [3.63, 3.8) is 0 Å². The van der Waals surface area contributed by atoms with Crippen LogP contribution in [-0.2, 0) is 38.4 Å². The fourth-order valence-corrected chi connectivity index (χ4v) is 2.28. The van der Waals surface area contributed by atoms with E-state index in [1.165, 1.54) is 0 Å². The van der Waals surface area contributed by atoms with E-state index in [4.69, 9.17) is 9.68 Å². The van der Waals surface area contributed by atoms with Crippen molar-refractivity contribution < 1.29 is 38.4 Å². The van der Waals surface area contributed by atoms with Gasteiger partial charge in [-0.2, -0.15) is 0 Å². The van der Waals surface area contributed by atoms with Crippen molar-refractivity contribution in [3.8, 4) is 0 Å². The minimum absolute atomic E-state index is 0.0298. The summed E-state index contributed by atoms with van der Waals surface area (Å²) in [6.07, 6.45) is 2.38. The fraction of sp³-hybridized carbons (Fsp3) is 0.647. The van der Waals surface area contributed by atoms with E-state index < -0.39 is 35.6 Å². The molecule has 27 heavy (non-hydrogen) atoms. The number of hydrogen-bond donors (Lipinski definition) is 0. The SMILES string of the molecule is CCC(=O)N(OC(=O)CCCCCCC(=O)ON1C(=O)CCC1=O)C(C)=O. The first kappa shape index (κ1) is 22.3. The molecule has 0 spiro atoms. The van der Waals surface area contributed by atoms with Gasteiger partial charge in [-0.25, -0.2) is 9.59 Å². The number of carbonyl (C=O) groups excluding carboxylic acids is 6. The van der Waals surface area contributed by atoms with Crippen molar-refractivity contribution in [1.82, 2.24) is 10.1 Å². The molecule has 1 rings (SSSR count). The quantitative estimate of drug-likeness (QED) is 0.329. The smallest absolute Gasteiger partial charge is 0.330 e. The second kappa shape index (κ2) is 11.0. The molecule has 0 atom stereocenters. The van der Waals surface area contributed by atoms with Gasteiger partial charge in [-0.05, 0) is 12.8 Å². The maximum Gasteiger partial charge on any atom is 0.333 e. The predicted molar refractivity (Wildman–Crippen MR) is 88.8 cm³/mol. The lowest BCUT2D eigenvalue weighted by molar-refractivity contribution is -0.201. The average Bonchev–Trinajstić information content (AvgIpc) is 2.93. The summed E-state index contributed by atoms with van der Waals surface area (Å²) in [6.45, 7) is 2.68. The van der Waals surface area contributed by atoms with E-state index in [-0.39, 0.29) is 32.1 Å². The monoisotopic (exact) mass is 384 g/mol. The van der Waals surface area contributed by atoms with Crippen molar-refractivity contribution >= 4 is 35.6 Å². The van der Waals surface area contributed by atoms with Gasteiger partial charge in [0.15, 0.2) is 0 Å². The molecule has 150 valence electrons. The van der Waals surface area contributed by atoms with Crippen LogP contribution in [0.2, 0.25) is 0 Å². The van der Waals surface area contributed by atoms with Gasteiger partial charge in [0.05, 0.1) is 0 Å². The van der Waals surface area contributed by atoms with Crippen molar-refractivity contribution in [2.75, 3.05) is 0 Å². The molecule has 0 bridgehead atoms. The highest BCUT2D eigenvalue weighted by Crippen LogP contribution is 2.14. The summed E-state index contributed by atoms with van der Waals surface area (Å²) in [6, 6.07) is 0. The second-order valence-corrected chi connectivity index (χ2v) is 5.98. The van der Waals surface area contributed by atoms with E-state index in [9.17, 15) is 28.8 Å². The van der Waals surface area contributed by atoms with Crippen LogP contribution in [0.4, 0.5) is 0 Å². The molecule has 0 saturated carbocycles. The number of amides is 4. The van der Waals surface area contributed by atoms with E-state index in [2.05, 4.69) is 0 Å². The van der Waals surface area contributed by atoms with Gasteiger partial charge in [-0.3, -0.25) is 19.2 Å². The van der Waals surface area contributed by atoms with Gasteiger partial charge in [-0.1, -0.05) is 19.8 Å². The number of unbranched alkanes of at least 4 members (excludes halogenated alkanes) is 3. The largest absolute Gasteiger partial charge is 0.333 e. The van der Waals surface area contributed by atoms with Gasteiger partial charge in [0.1, 0.15) is 0 Å². The Hall–Kier alpha value is -2.78. The van der Waals surface area contributed by atoms with Crippen LogP contribution in [0.3, 0.4) is 0 Å². The lowest BCUT2D eigenvalue weighted by atomic mass is 10.1. The third-order valence-corrected chi connectivity index (χ3v) is 3.72. The zero-order valence-corrected chi connectivity index (χ0v) is 15.5. The minimum Gasteiger partial charge on any atom is -0.330 e. The first-order chi connectivity index (χ1) is 12.8.